The largest absolute Gasteiger partial charge is 0.399 e. The molecule has 0 radical (unpaired) electrons. The smallest absolute Gasteiger partial charge is 0.270 e. The van der Waals surface area contributed by atoms with E-state index >= 15 is 0 Å². The summed E-state index contributed by atoms with van der Waals surface area (Å²) in [4.78, 5) is 15.3. The molecule has 0 bridgehead atoms. The van der Waals surface area contributed by atoms with Crippen molar-refractivity contribution in [3.63, 3.8) is 0 Å². The van der Waals surface area contributed by atoms with E-state index in [9.17, 15) is 4.79 Å². The van der Waals surface area contributed by atoms with Crippen LogP contribution >= 0.6 is 11.3 Å². The van der Waals surface area contributed by atoms with Crippen molar-refractivity contribution in [1.82, 2.24) is 0 Å². The lowest BCUT2D eigenvalue weighted by Gasteiger charge is -1.94. The van der Waals surface area contributed by atoms with Crippen LogP contribution in [0.2, 0.25) is 0 Å². The Labute approximate surface area is 73.8 Å². The quantitative estimate of drug-likeness (QED) is 0.569. The summed E-state index contributed by atoms with van der Waals surface area (Å²) in [7, 11) is 1.38. The van der Waals surface area contributed by atoms with Crippen molar-refractivity contribution in [3.8, 4) is 0 Å². The molecule has 0 saturated carbocycles. The molecular formula is C7H8N2O2S. The molecule has 12 heavy (non-hydrogen) atoms. The second kappa shape index (κ2) is 4.50. The second-order valence-electron chi connectivity index (χ2n) is 1.88. The molecule has 1 amide bonds. The molecule has 4 nitrogen and oxygen atoms in total. The molecule has 1 aromatic rings. The van der Waals surface area contributed by atoms with Gasteiger partial charge in [0.05, 0.1) is 5.00 Å². The van der Waals surface area contributed by atoms with Gasteiger partial charge in [0.2, 0.25) is 0 Å². The van der Waals surface area contributed by atoms with Crippen molar-refractivity contribution in [3.05, 3.63) is 17.5 Å². The van der Waals surface area contributed by atoms with Crippen LogP contribution in [-0.2, 0) is 9.63 Å². The molecule has 5 heteroatoms. The maximum Gasteiger partial charge on any atom is 0.270 e. The van der Waals surface area contributed by atoms with Gasteiger partial charge >= 0.3 is 0 Å². The average molecular weight is 184 g/mol. The zero-order chi connectivity index (χ0) is 8.81. The third-order valence-corrected chi connectivity index (χ3v) is 1.83. The summed E-state index contributed by atoms with van der Waals surface area (Å²) in [5.41, 5.74) is 0. The molecule has 0 aromatic carbocycles. The number of rotatable bonds is 3. The lowest BCUT2D eigenvalue weighted by molar-refractivity contribution is -0.110. The molecule has 0 aliphatic carbocycles. The van der Waals surface area contributed by atoms with E-state index in [2.05, 4.69) is 15.3 Å². The van der Waals surface area contributed by atoms with Crippen molar-refractivity contribution in [2.24, 2.45) is 5.16 Å². The topological polar surface area (TPSA) is 50.7 Å². The highest BCUT2D eigenvalue weighted by Gasteiger charge is 1.97. The molecule has 1 heterocycles. The average Bonchev–Trinajstić information content (AvgIpc) is 2.53. The third-order valence-electron chi connectivity index (χ3n) is 1.04. The summed E-state index contributed by atoms with van der Waals surface area (Å²) in [5, 5.41) is 8.60. The van der Waals surface area contributed by atoms with E-state index in [1.54, 1.807) is 0 Å². The third kappa shape index (κ3) is 2.71. The number of carbonyl (C=O) groups excluding carboxylic acids is 1. The van der Waals surface area contributed by atoms with Gasteiger partial charge in [0, 0.05) is 0 Å². The van der Waals surface area contributed by atoms with Crippen LogP contribution in [0, 0.1) is 0 Å². The fourth-order valence-electron chi connectivity index (χ4n) is 0.604. The Hall–Kier alpha value is -1.36. The summed E-state index contributed by atoms with van der Waals surface area (Å²) in [6, 6.07) is 3.66. The highest BCUT2D eigenvalue weighted by molar-refractivity contribution is 7.14. The van der Waals surface area contributed by atoms with Crippen LogP contribution in [-0.4, -0.2) is 19.2 Å². The summed E-state index contributed by atoms with van der Waals surface area (Å²) < 4.78 is 0. The van der Waals surface area contributed by atoms with Gasteiger partial charge in [-0.25, -0.2) is 0 Å². The van der Waals surface area contributed by atoms with Crippen LogP contribution in [0.1, 0.15) is 0 Å². The van der Waals surface area contributed by atoms with Gasteiger partial charge in [-0.2, -0.15) is 0 Å². The van der Waals surface area contributed by atoms with Gasteiger partial charge in [-0.05, 0) is 17.5 Å². The van der Waals surface area contributed by atoms with Gasteiger partial charge in [0.15, 0.2) is 0 Å². The monoisotopic (exact) mass is 184 g/mol. The lowest BCUT2D eigenvalue weighted by Crippen LogP contribution is -2.11. The Morgan fingerprint density at radius 1 is 1.83 bits per heavy atom. The molecule has 0 fully saturated rings. The van der Waals surface area contributed by atoms with E-state index < -0.39 is 0 Å². The van der Waals surface area contributed by atoms with Crippen LogP contribution < -0.4 is 5.32 Å². The van der Waals surface area contributed by atoms with Crippen LogP contribution in [0.3, 0.4) is 0 Å². The zero-order valence-corrected chi connectivity index (χ0v) is 7.30. The minimum absolute atomic E-state index is 0.292. The van der Waals surface area contributed by atoms with Gasteiger partial charge in [-0.1, -0.05) is 5.16 Å². The summed E-state index contributed by atoms with van der Waals surface area (Å²) in [6.45, 7) is 0. The Kier molecular flexibility index (Phi) is 3.28. The molecule has 1 N–H and O–H groups in total. The number of nitrogens with zero attached hydrogens (tertiary/aromatic N) is 1. The molecule has 0 saturated heterocycles. The molecular weight excluding hydrogens is 176 g/mol. The molecule has 0 aliphatic heterocycles. The van der Waals surface area contributed by atoms with E-state index in [1.165, 1.54) is 18.4 Å². The number of anilines is 1. The minimum Gasteiger partial charge on any atom is -0.399 e. The van der Waals surface area contributed by atoms with Crippen molar-refractivity contribution < 1.29 is 9.63 Å². The number of hydrogen-bond donors (Lipinski definition) is 1. The fraction of sp³-hybridized carbons (Fsp3) is 0.143. The maximum atomic E-state index is 10.9. The van der Waals surface area contributed by atoms with Crippen molar-refractivity contribution >= 4 is 28.5 Å². The molecule has 1 rings (SSSR count). The van der Waals surface area contributed by atoms with E-state index in [0.29, 0.717) is 0 Å². The molecule has 0 atom stereocenters. The molecule has 0 spiro atoms. The van der Waals surface area contributed by atoms with Gasteiger partial charge in [0.1, 0.15) is 13.3 Å². The van der Waals surface area contributed by atoms with Crippen LogP contribution in [0.15, 0.2) is 22.7 Å². The van der Waals surface area contributed by atoms with Gasteiger partial charge in [-0.15, -0.1) is 11.3 Å². The first-order chi connectivity index (χ1) is 5.83. The second-order valence-corrected chi connectivity index (χ2v) is 2.83. The highest BCUT2D eigenvalue weighted by Crippen LogP contribution is 2.13. The Bertz CT molecular complexity index is 269. The predicted molar refractivity (Wildman–Crippen MR) is 48.4 cm³/mol. The number of amides is 1. The normalized spacial score (nSPS) is 10.1. The van der Waals surface area contributed by atoms with Gasteiger partial charge in [0.25, 0.3) is 5.91 Å². The Balaban J connectivity index is 2.42. The fourth-order valence-corrected chi connectivity index (χ4v) is 1.22. The van der Waals surface area contributed by atoms with E-state index in [1.807, 2.05) is 17.5 Å². The number of hydrogen-bond acceptors (Lipinski definition) is 4. The first-order valence-electron chi connectivity index (χ1n) is 3.24. The molecule has 1 aromatic heterocycles. The number of oxime groups is 1. The van der Waals surface area contributed by atoms with E-state index in [4.69, 9.17) is 0 Å². The van der Waals surface area contributed by atoms with Crippen molar-refractivity contribution in [1.29, 1.82) is 0 Å². The molecule has 0 aliphatic rings. The van der Waals surface area contributed by atoms with Crippen molar-refractivity contribution in [2.75, 3.05) is 12.4 Å². The number of thiophene rings is 1. The summed E-state index contributed by atoms with van der Waals surface area (Å²) in [5.74, 6) is -0.292. The minimum atomic E-state index is -0.292. The number of carbonyl (C=O) groups is 1. The zero-order valence-electron chi connectivity index (χ0n) is 6.48. The standard InChI is InChI=1S/C7H8N2O2S/c1-11-8-5-6(10)9-7-3-2-4-12-7/h2-5H,1H3,(H,9,10). The van der Waals surface area contributed by atoms with E-state index in [-0.39, 0.29) is 5.91 Å². The van der Waals surface area contributed by atoms with Gasteiger partial charge < -0.3 is 10.2 Å². The Morgan fingerprint density at radius 2 is 2.67 bits per heavy atom. The van der Waals surface area contributed by atoms with Crippen molar-refractivity contribution in [2.45, 2.75) is 0 Å². The highest BCUT2D eigenvalue weighted by atomic mass is 32.1. The first kappa shape index (κ1) is 8.73. The van der Waals surface area contributed by atoms with Crippen LogP contribution in [0.5, 0.6) is 0 Å². The van der Waals surface area contributed by atoms with Gasteiger partial charge in [-0.3, -0.25) is 4.79 Å². The lowest BCUT2D eigenvalue weighted by atomic mass is 10.6. The Morgan fingerprint density at radius 3 is 3.25 bits per heavy atom. The predicted octanol–water partition coefficient (Wildman–Crippen LogP) is 1.32. The van der Waals surface area contributed by atoms with Crippen LogP contribution in [0.25, 0.3) is 0 Å². The van der Waals surface area contributed by atoms with E-state index in [0.717, 1.165) is 11.2 Å². The number of nitrogens with one attached hydrogen (secondary N) is 1. The molecule has 0 unspecified atom stereocenters. The SMILES string of the molecule is CON=CC(=O)Nc1cccs1. The summed E-state index contributed by atoms with van der Waals surface area (Å²) >= 11 is 1.45. The maximum absolute atomic E-state index is 10.9. The van der Waals surface area contributed by atoms with Crippen LogP contribution in [0.4, 0.5) is 5.00 Å². The summed E-state index contributed by atoms with van der Waals surface area (Å²) in [6.07, 6.45) is 1.08. The first-order valence-corrected chi connectivity index (χ1v) is 4.12. The molecule has 64 valence electrons.